The molecule has 0 aromatic rings. The van der Waals surface area contributed by atoms with Gasteiger partial charge in [0.2, 0.25) is 5.91 Å². The lowest BCUT2D eigenvalue weighted by molar-refractivity contribution is -0.138. The van der Waals surface area contributed by atoms with Crippen LogP contribution in [0.3, 0.4) is 0 Å². The van der Waals surface area contributed by atoms with Crippen LogP contribution in [0.15, 0.2) is 0 Å². The number of nitrogens with zero attached hydrogens (tertiary/aromatic N) is 1. The monoisotopic (exact) mass is 224 g/mol. The Balaban J connectivity index is 1.90. The lowest BCUT2D eigenvalue weighted by atomic mass is 9.90. The molecule has 1 N–H and O–H groups in total. The van der Waals surface area contributed by atoms with E-state index in [1.807, 2.05) is 0 Å². The highest BCUT2D eigenvalue weighted by Crippen LogP contribution is 2.22. The highest BCUT2D eigenvalue weighted by Gasteiger charge is 2.30. The fourth-order valence-corrected chi connectivity index (χ4v) is 3.00. The first-order valence-corrected chi connectivity index (χ1v) is 6.69. The SMILES string of the molecule is CC1CCCN(C(=O)C2CCNC(C)C2)C1. The van der Waals surface area contributed by atoms with Crippen molar-refractivity contribution in [1.82, 2.24) is 10.2 Å². The lowest BCUT2D eigenvalue weighted by Crippen LogP contribution is -2.47. The van der Waals surface area contributed by atoms with Gasteiger partial charge in [-0.3, -0.25) is 4.79 Å². The minimum atomic E-state index is 0.279. The van der Waals surface area contributed by atoms with Crippen molar-refractivity contribution in [1.29, 1.82) is 0 Å². The molecule has 16 heavy (non-hydrogen) atoms. The molecule has 0 saturated carbocycles. The van der Waals surface area contributed by atoms with E-state index >= 15 is 0 Å². The molecule has 2 rings (SSSR count). The topological polar surface area (TPSA) is 32.3 Å². The van der Waals surface area contributed by atoms with E-state index in [1.54, 1.807) is 0 Å². The minimum absolute atomic E-state index is 0.279. The average molecular weight is 224 g/mol. The van der Waals surface area contributed by atoms with Gasteiger partial charge < -0.3 is 10.2 Å². The van der Waals surface area contributed by atoms with Gasteiger partial charge in [-0.05, 0) is 45.1 Å². The fraction of sp³-hybridized carbons (Fsp3) is 0.923. The Morgan fingerprint density at radius 3 is 2.81 bits per heavy atom. The van der Waals surface area contributed by atoms with E-state index < -0.39 is 0 Å². The van der Waals surface area contributed by atoms with Gasteiger partial charge in [-0.1, -0.05) is 6.92 Å². The van der Waals surface area contributed by atoms with E-state index in [-0.39, 0.29) is 5.92 Å². The maximum Gasteiger partial charge on any atom is 0.225 e. The number of likely N-dealkylation sites (tertiary alicyclic amines) is 1. The maximum atomic E-state index is 12.3. The van der Waals surface area contributed by atoms with E-state index in [0.29, 0.717) is 17.9 Å². The van der Waals surface area contributed by atoms with Crippen LogP contribution in [0.2, 0.25) is 0 Å². The molecule has 3 atom stereocenters. The van der Waals surface area contributed by atoms with E-state index in [2.05, 4.69) is 24.1 Å². The van der Waals surface area contributed by atoms with Crippen LogP contribution < -0.4 is 5.32 Å². The predicted molar refractivity (Wildman–Crippen MR) is 65.2 cm³/mol. The smallest absolute Gasteiger partial charge is 0.225 e. The third-order valence-electron chi connectivity index (χ3n) is 3.94. The highest BCUT2D eigenvalue weighted by molar-refractivity contribution is 5.79. The number of carbonyl (C=O) groups excluding carboxylic acids is 1. The van der Waals surface area contributed by atoms with Gasteiger partial charge in [0, 0.05) is 25.0 Å². The van der Waals surface area contributed by atoms with Gasteiger partial charge in [0.1, 0.15) is 0 Å². The van der Waals surface area contributed by atoms with E-state index in [0.717, 1.165) is 32.5 Å². The normalized spacial score (nSPS) is 36.1. The van der Waals surface area contributed by atoms with Crippen LogP contribution in [-0.2, 0) is 4.79 Å². The molecule has 2 aliphatic rings. The first-order chi connectivity index (χ1) is 7.66. The van der Waals surface area contributed by atoms with Gasteiger partial charge in [0.05, 0.1) is 0 Å². The Morgan fingerprint density at radius 1 is 1.31 bits per heavy atom. The van der Waals surface area contributed by atoms with E-state index in [1.165, 1.54) is 12.8 Å². The second kappa shape index (κ2) is 5.17. The zero-order valence-electron chi connectivity index (χ0n) is 10.5. The number of hydrogen-bond acceptors (Lipinski definition) is 2. The fourth-order valence-electron chi connectivity index (χ4n) is 3.00. The maximum absolute atomic E-state index is 12.3. The van der Waals surface area contributed by atoms with Crippen molar-refractivity contribution < 1.29 is 4.79 Å². The van der Waals surface area contributed by atoms with Crippen molar-refractivity contribution in [2.45, 2.75) is 45.6 Å². The summed E-state index contributed by atoms with van der Waals surface area (Å²) in [4.78, 5) is 14.5. The van der Waals surface area contributed by atoms with E-state index in [4.69, 9.17) is 0 Å². The Bertz CT molecular complexity index is 230. The highest BCUT2D eigenvalue weighted by atomic mass is 16.2. The summed E-state index contributed by atoms with van der Waals surface area (Å²) in [7, 11) is 0. The molecule has 0 aliphatic carbocycles. The van der Waals surface area contributed by atoms with Gasteiger partial charge >= 0.3 is 0 Å². The molecule has 2 fully saturated rings. The van der Waals surface area contributed by atoms with Gasteiger partial charge in [-0.2, -0.15) is 0 Å². The molecule has 92 valence electrons. The van der Waals surface area contributed by atoms with Crippen molar-refractivity contribution in [2.24, 2.45) is 11.8 Å². The minimum Gasteiger partial charge on any atom is -0.342 e. The Hall–Kier alpha value is -0.570. The van der Waals surface area contributed by atoms with Crippen molar-refractivity contribution >= 4 is 5.91 Å². The molecule has 0 spiro atoms. The molecule has 2 saturated heterocycles. The molecule has 1 amide bonds. The Kier molecular flexibility index (Phi) is 3.85. The van der Waals surface area contributed by atoms with Crippen LogP contribution in [-0.4, -0.2) is 36.5 Å². The van der Waals surface area contributed by atoms with Crippen LogP contribution >= 0.6 is 0 Å². The van der Waals surface area contributed by atoms with Crippen LogP contribution in [0, 0.1) is 11.8 Å². The van der Waals surface area contributed by atoms with Crippen molar-refractivity contribution in [2.75, 3.05) is 19.6 Å². The predicted octanol–water partition coefficient (Wildman–Crippen LogP) is 1.63. The number of nitrogens with one attached hydrogen (secondary N) is 1. The summed E-state index contributed by atoms with van der Waals surface area (Å²) < 4.78 is 0. The number of amides is 1. The largest absolute Gasteiger partial charge is 0.342 e. The molecular weight excluding hydrogens is 200 g/mol. The first kappa shape index (κ1) is 11.9. The zero-order valence-corrected chi connectivity index (χ0v) is 10.5. The van der Waals surface area contributed by atoms with Crippen molar-refractivity contribution in [3.05, 3.63) is 0 Å². The summed E-state index contributed by atoms with van der Waals surface area (Å²) in [6.45, 7) is 7.41. The Morgan fingerprint density at radius 2 is 2.12 bits per heavy atom. The molecule has 0 bridgehead atoms. The van der Waals surface area contributed by atoms with Gasteiger partial charge in [0.25, 0.3) is 0 Å². The summed E-state index contributed by atoms with van der Waals surface area (Å²) in [5.41, 5.74) is 0. The molecule has 3 heteroatoms. The summed E-state index contributed by atoms with van der Waals surface area (Å²) in [6, 6.07) is 0.505. The van der Waals surface area contributed by atoms with Crippen LogP contribution in [0.1, 0.15) is 39.5 Å². The number of hydrogen-bond donors (Lipinski definition) is 1. The van der Waals surface area contributed by atoms with Crippen LogP contribution in [0.4, 0.5) is 0 Å². The summed E-state index contributed by atoms with van der Waals surface area (Å²) in [6.07, 6.45) is 4.51. The summed E-state index contributed by atoms with van der Waals surface area (Å²) in [5, 5.41) is 3.41. The number of carbonyl (C=O) groups is 1. The molecule has 0 aromatic carbocycles. The summed E-state index contributed by atoms with van der Waals surface area (Å²) >= 11 is 0. The molecule has 2 aliphatic heterocycles. The van der Waals surface area contributed by atoms with Crippen molar-refractivity contribution in [3.8, 4) is 0 Å². The molecule has 0 aromatic heterocycles. The second-order valence-corrected chi connectivity index (χ2v) is 5.61. The van der Waals surface area contributed by atoms with E-state index in [9.17, 15) is 4.79 Å². The molecule has 3 nitrogen and oxygen atoms in total. The van der Waals surface area contributed by atoms with Crippen LogP contribution in [0.5, 0.6) is 0 Å². The first-order valence-electron chi connectivity index (χ1n) is 6.69. The van der Waals surface area contributed by atoms with Crippen molar-refractivity contribution in [3.63, 3.8) is 0 Å². The van der Waals surface area contributed by atoms with Gasteiger partial charge in [0.15, 0.2) is 0 Å². The third-order valence-corrected chi connectivity index (χ3v) is 3.94. The number of piperidine rings is 2. The standard InChI is InChI=1S/C13H24N2O/c1-10-4-3-7-15(9-10)13(16)12-5-6-14-11(2)8-12/h10-12,14H,3-9H2,1-2H3. The lowest BCUT2D eigenvalue weighted by Gasteiger charge is -2.36. The molecule has 3 unspecified atom stereocenters. The third kappa shape index (κ3) is 2.76. The molecule has 2 heterocycles. The quantitative estimate of drug-likeness (QED) is 0.734. The molecular formula is C13H24N2O. The summed E-state index contributed by atoms with van der Waals surface area (Å²) in [5.74, 6) is 1.39. The average Bonchev–Trinajstić information content (AvgIpc) is 2.28. The van der Waals surface area contributed by atoms with Gasteiger partial charge in [-0.15, -0.1) is 0 Å². The second-order valence-electron chi connectivity index (χ2n) is 5.61. The zero-order chi connectivity index (χ0) is 11.5. The Labute approximate surface area is 98.6 Å². The molecule has 0 radical (unpaired) electrons. The number of rotatable bonds is 1. The van der Waals surface area contributed by atoms with Gasteiger partial charge in [-0.25, -0.2) is 0 Å². The van der Waals surface area contributed by atoms with Crippen LogP contribution in [0.25, 0.3) is 0 Å².